The van der Waals surface area contributed by atoms with Crippen molar-refractivity contribution in [2.24, 2.45) is 79.3 Å². The van der Waals surface area contributed by atoms with Crippen molar-refractivity contribution < 1.29 is 37.0 Å². The van der Waals surface area contributed by atoms with Crippen LogP contribution in [0.2, 0.25) is 42.3 Å². The van der Waals surface area contributed by atoms with E-state index in [0.717, 1.165) is 63.1 Å². The van der Waals surface area contributed by atoms with Crippen LogP contribution in [0.4, 0.5) is 0 Å². The lowest BCUT2D eigenvalue weighted by molar-refractivity contribution is 0.0474. The highest BCUT2D eigenvalue weighted by molar-refractivity contribution is 6.95. The minimum atomic E-state index is -3.99. The van der Waals surface area contributed by atoms with Crippen molar-refractivity contribution in [2.75, 3.05) is 0 Å². The summed E-state index contributed by atoms with van der Waals surface area (Å²) in [5.74, 6) is 1.88. The number of hydrogen-bond acceptors (Lipinski definition) is 9. The van der Waals surface area contributed by atoms with Crippen molar-refractivity contribution in [1.82, 2.24) is 0 Å². The molecule has 0 N–H and O–H groups in total. The summed E-state index contributed by atoms with van der Waals surface area (Å²) < 4.78 is 73.4. The maximum absolute atomic E-state index is 8.34. The summed E-state index contributed by atoms with van der Waals surface area (Å²) in [6, 6.07) is 4.88. The molecule has 0 amide bonds. The predicted octanol–water partition coefficient (Wildman–Crippen LogP) is 17.9. The minimum absolute atomic E-state index is 0.0665. The summed E-state index contributed by atoms with van der Waals surface area (Å²) in [5, 5.41) is 0. The van der Waals surface area contributed by atoms with E-state index in [1.165, 1.54) is 0 Å². The van der Waals surface area contributed by atoms with E-state index in [1.807, 2.05) is 0 Å². The molecule has 7 unspecified atom stereocenters. The molecule has 3 rings (SSSR count). The van der Waals surface area contributed by atoms with E-state index in [1.54, 1.807) is 0 Å². The van der Waals surface area contributed by atoms with Crippen molar-refractivity contribution in [2.45, 2.75) is 281 Å². The molecule has 0 aromatic rings. The topological polar surface area (TPSA) is 83.1 Å². The van der Waals surface area contributed by atoms with Gasteiger partial charge in [0.15, 0.2) is 0 Å². The van der Waals surface area contributed by atoms with Gasteiger partial charge in [-0.15, -0.1) is 0 Å². The highest BCUT2D eigenvalue weighted by atomic mass is 28.6. The Bertz CT molecular complexity index is 1450. The summed E-state index contributed by atoms with van der Waals surface area (Å²) in [6.07, 6.45) is 7.09. The molecule has 7 atom stereocenters. The summed E-state index contributed by atoms with van der Waals surface area (Å²) in [6.45, 7) is 66.0. The Morgan fingerprint density at radius 2 is 0.403 bits per heavy atom. The Kier molecular flexibility index (Phi) is 23.7. The molecule has 3 fully saturated rings. The van der Waals surface area contributed by atoms with E-state index in [-0.39, 0.29) is 61.6 Å². The molecule has 425 valence electrons. The first kappa shape index (κ1) is 67.4. The second kappa shape index (κ2) is 25.3. The molecule has 16 heteroatoms. The van der Waals surface area contributed by atoms with Gasteiger partial charge in [0.1, 0.15) is 0 Å². The summed E-state index contributed by atoms with van der Waals surface area (Å²) in [4.78, 5) is 0. The molecule has 0 saturated carbocycles. The van der Waals surface area contributed by atoms with E-state index < -0.39 is 63.1 Å². The molecule has 3 aliphatic rings. The minimum Gasteiger partial charge on any atom is -0.393 e. The van der Waals surface area contributed by atoms with Gasteiger partial charge in [-0.25, -0.2) is 0 Å². The van der Waals surface area contributed by atoms with Crippen molar-refractivity contribution in [3.05, 3.63) is 0 Å². The third-order valence-corrected chi connectivity index (χ3v) is 41.5. The summed E-state index contributed by atoms with van der Waals surface area (Å²) >= 11 is 0. The molecule has 0 aromatic carbocycles. The first-order valence-electron chi connectivity index (χ1n) is 28.9. The van der Waals surface area contributed by atoms with Gasteiger partial charge in [-0.1, -0.05) is 194 Å². The van der Waals surface area contributed by atoms with Crippen LogP contribution in [0.1, 0.15) is 239 Å². The number of hydrogen-bond donors (Lipinski definition) is 0. The zero-order valence-corrected chi connectivity index (χ0v) is 59.6. The molecule has 3 aliphatic heterocycles. The molecular formula is C56H119O9Si7. The predicted molar refractivity (Wildman–Crippen MR) is 316 cm³/mol. The third-order valence-electron chi connectivity index (χ3n) is 13.2. The van der Waals surface area contributed by atoms with Crippen LogP contribution in [0.25, 0.3) is 0 Å². The molecule has 72 heavy (non-hydrogen) atoms. The van der Waals surface area contributed by atoms with Crippen molar-refractivity contribution >= 4 is 63.1 Å². The highest BCUT2D eigenvalue weighted by Crippen LogP contribution is 2.49. The quantitative estimate of drug-likeness (QED) is 0.104. The van der Waals surface area contributed by atoms with Crippen LogP contribution < -0.4 is 0 Å². The lowest BCUT2D eigenvalue weighted by Gasteiger charge is -2.55. The smallest absolute Gasteiger partial charge is 0.393 e. The molecule has 4 bridgehead atoms. The van der Waals surface area contributed by atoms with Gasteiger partial charge in [-0.2, -0.15) is 0 Å². The molecule has 0 aliphatic carbocycles. The Hall–Kier alpha value is 1.16. The normalized spacial score (nSPS) is 29.3. The zero-order valence-electron chi connectivity index (χ0n) is 52.6. The van der Waals surface area contributed by atoms with Crippen LogP contribution in [0.3, 0.4) is 0 Å². The Labute approximate surface area is 457 Å². The Morgan fingerprint density at radius 1 is 0.250 bits per heavy atom. The molecule has 0 aromatic heterocycles. The molecule has 3 radical (unpaired) electrons. The first-order chi connectivity index (χ1) is 32.1. The lowest BCUT2D eigenvalue weighted by atomic mass is 9.86. The maximum Gasteiger partial charge on any atom is 0.479 e. The van der Waals surface area contributed by atoms with Gasteiger partial charge >= 0.3 is 63.1 Å². The SMILES string of the molecule is CC(C[Si]1O[Si]2(CC(C)CC(C)(C)C)O[Si](CC(C)CC(C)(C)C)O[Si]3(CC(C)CC(C)(C)C)O[Si](CC(C)CC(C)(C)C)O[Si](CC(C)CC(C)(C)C)(O1)O[Si](CC(C)CC(C)(C)C)(O2)O3)CC(C)(C)C. The van der Waals surface area contributed by atoms with Gasteiger partial charge in [0.25, 0.3) is 0 Å². The zero-order chi connectivity index (χ0) is 55.5. The van der Waals surface area contributed by atoms with E-state index in [4.69, 9.17) is 37.0 Å². The van der Waals surface area contributed by atoms with Gasteiger partial charge in [0, 0.05) is 24.2 Å². The average molecular weight is 1130 g/mol. The van der Waals surface area contributed by atoms with E-state index in [9.17, 15) is 0 Å². The number of fused-ring (bicyclic) bond motifs is 3. The first-order valence-corrected chi connectivity index (χ1v) is 41.2. The van der Waals surface area contributed by atoms with Crippen LogP contribution in [-0.2, 0) is 37.0 Å². The maximum atomic E-state index is 8.34. The van der Waals surface area contributed by atoms with Gasteiger partial charge in [0.2, 0.25) is 0 Å². The summed E-state index contributed by atoms with van der Waals surface area (Å²) in [5.41, 5.74) is 0.743. The Morgan fingerprint density at radius 3 is 0.569 bits per heavy atom. The third kappa shape index (κ3) is 26.0. The lowest BCUT2D eigenvalue weighted by Crippen LogP contribution is -2.78. The van der Waals surface area contributed by atoms with E-state index in [0.29, 0.717) is 41.9 Å². The highest BCUT2D eigenvalue weighted by Gasteiger charge is 2.72. The fourth-order valence-corrected chi connectivity index (χ4v) is 47.5. The Balaban J connectivity index is 2.63. The number of rotatable bonds is 21. The van der Waals surface area contributed by atoms with Crippen LogP contribution in [0.5, 0.6) is 0 Å². The second-order valence-corrected chi connectivity index (χ2v) is 51.2. The standard InChI is InChI=1S/C56H119O9Si7/c1-43(29-50(8,9)10)36-66-57-69(39-46(4)32-53(17,18)19)59-67(37-44(2)30-51(11,12)13)61-71(41-48(6)34-55(23,24)25)62-68(38-45(3)31-52(14,15)16)60-70(58-66,40-47(5)33-54(20,21)22)64-72(63-69,65-71)42-49(7)35-56(26,27)28/h43-49H,29-42H2,1-28H3. The average Bonchev–Trinajstić information content (AvgIpc) is 2.99. The van der Waals surface area contributed by atoms with Crippen LogP contribution in [0.15, 0.2) is 0 Å². The van der Waals surface area contributed by atoms with Crippen molar-refractivity contribution in [3.63, 3.8) is 0 Å². The van der Waals surface area contributed by atoms with Crippen molar-refractivity contribution in [3.8, 4) is 0 Å². The molecule has 3 saturated heterocycles. The largest absolute Gasteiger partial charge is 0.479 e. The second-order valence-electron chi connectivity index (χ2n) is 33.3. The van der Waals surface area contributed by atoms with Gasteiger partial charge < -0.3 is 37.0 Å². The molecule has 0 spiro atoms. The monoisotopic (exact) mass is 1130 g/mol. The molecular weight excluding hydrogens is 1010 g/mol. The van der Waals surface area contributed by atoms with E-state index >= 15 is 0 Å². The fraction of sp³-hybridized carbons (Fsp3) is 1.00. The van der Waals surface area contributed by atoms with Crippen LogP contribution in [0, 0.1) is 79.3 Å². The van der Waals surface area contributed by atoms with Crippen molar-refractivity contribution in [1.29, 1.82) is 0 Å². The van der Waals surface area contributed by atoms with Gasteiger partial charge in [-0.05, 0) is 142 Å². The molecule has 3 heterocycles. The molecule has 9 nitrogen and oxygen atoms in total. The van der Waals surface area contributed by atoms with E-state index in [2.05, 4.69) is 194 Å². The van der Waals surface area contributed by atoms with Crippen LogP contribution >= 0.6 is 0 Å². The van der Waals surface area contributed by atoms with Gasteiger partial charge in [-0.3, -0.25) is 0 Å². The van der Waals surface area contributed by atoms with Crippen LogP contribution in [-0.4, -0.2) is 63.1 Å². The van der Waals surface area contributed by atoms with Gasteiger partial charge in [0.05, 0.1) is 0 Å². The fourth-order valence-electron chi connectivity index (χ4n) is 13.2. The summed E-state index contributed by atoms with van der Waals surface area (Å²) in [7, 11) is -21.9.